The summed E-state index contributed by atoms with van der Waals surface area (Å²) in [5.74, 6) is 0. The van der Waals surface area contributed by atoms with Gasteiger partial charge >= 0.3 is 61.6 Å². The monoisotopic (exact) mass is 1080 g/mol. The van der Waals surface area contributed by atoms with Gasteiger partial charge in [-0.1, -0.05) is 182 Å². The Morgan fingerprint density at radius 2 is 0.397 bits per heavy atom. The van der Waals surface area contributed by atoms with Crippen molar-refractivity contribution in [3.63, 3.8) is 0 Å². The highest BCUT2D eigenvalue weighted by Gasteiger charge is 2.74. The van der Waals surface area contributed by atoms with Gasteiger partial charge in [0, 0.05) is 45.8 Å². The molecule has 3 heterocycles. The molecule has 3 aliphatic heterocycles. The Morgan fingerprint density at radius 3 is 0.559 bits per heavy atom. The molecule has 0 N–H and O–H groups in total. The van der Waals surface area contributed by atoms with E-state index in [-0.39, 0.29) is 0 Å². The van der Waals surface area contributed by atoms with E-state index < -0.39 is 86.6 Å². The Labute approximate surface area is 411 Å². The molecule has 6 aromatic carbocycles. The minimum Gasteiger partial charge on any atom is -0.408 e. The maximum absolute atomic E-state index is 7.68. The van der Waals surface area contributed by atoms with Gasteiger partial charge in [-0.2, -0.15) is 0 Å². The molecular weight excluding hydrogens is 1030 g/mol. The van der Waals surface area contributed by atoms with E-state index in [1.54, 1.807) is 0 Å². The summed E-state index contributed by atoms with van der Waals surface area (Å²) >= 11 is 0. The van der Waals surface area contributed by atoms with Crippen LogP contribution in [0.4, 0.5) is 0 Å². The van der Waals surface area contributed by atoms with Crippen LogP contribution in [0.2, 0.25) is 65.5 Å². The van der Waals surface area contributed by atoms with Crippen LogP contribution in [0.1, 0.15) is 0 Å². The summed E-state index contributed by atoms with van der Waals surface area (Å²) in [5.41, 5.74) is 0. The molecule has 4 bridgehead atoms. The molecule has 0 atom stereocenters. The normalized spacial score (nSPS) is 31.1. The van der Waals surface area contributed by atoms with Crippen LogP contribution in [0.5, 0.6) is 0 Å². The van der Waals surface area contributed by atoms with E-state index in [1.807, 2.05) is 155 Å². The summed E-state index contributed by atoms with van der Waals surface area (Å²) < 4.78 is 89.9. The third-order valence-electron chi connectivity index (χ3n) is 12.5. The largest absolute Gasteiger partial charge is 0.475 e. The first-order chi connectivity index (χ1) is 32.1. The van der Waals surface area contributed by atoms with E-state index in [1.165, 1.54) is 0 Å². The number of rotatable bonds is 12. The summed E-state index contributed by atoms with van der Waals surface area (Å²) in [6.45, 7) is 19.5. The van der Waals surface area contributed by atoms with Crippen LogP contribution in [-0.4, -0.2) is 86.6 Å². The van der Waals surface area contributed by atoms with Crippen molar-refractivity contribution in [3.8, 4) is 0 Å². The van der Waals surface area contributed by atoms with E-state index in [2.05, 4.69) is 92.4 Å². The third kappa shape index (κ3) is 10.3. The molecule has 3 saturated heterocycles. The maximum atomic E-state index is 7.68. The average Bonchev–Trinajstić information content (AvgIpc) is 3.28. The molecule has 0 aliphatic carbocycles. The second-order valence-corrected chi connectivity index (χ2v) is 50.1. The molecule has 68 heavy (non-hydrogen) atoms. The predicted octanol–water partition coefficient (Wildman–Crippen LogP) is 6.38. The lowest BCUT2D eigenvalue weighted by molar-refractivity contribution is 0.0247. The fourth-order valence-electron chi connectivity index (χ4n) is 9.97. The average molecular weight is 1090 g/mol. The van der Waals surface area contributed by atoms with Crippen molar-refractivity contribution in [2.75, 3.05) is 0 Å². The second kappa shape index (κ2) is 18.6. The van der Waals surface area contributed by atoms with Gasteiger partial charge in [0.15, 0.2) is 0 Å². The van der Waals surface area contributed by atoms with Crippen LogP contribution in [0.25, 0.3) is 0 Å². The first kappa shape index (κ1) is 50.0. The van der Waals surface area contributed by atoms with Crippen LogP contribution < -0.4 is 31.1 Å². The standard InChI is InChI=1S/C46H60O12Si10/c1-59(41-29-17-11-18-30-41,42-31-19-12-20-32-42)47-62(4)50-65(7)52-63(5,48-60(2,43-33-21-13-22-34-43)44-35-23-14-24-36-44)54-67(9)55-64(6,53-66(8,51-62)57-68(10,56-65)58-67)49-61(3,45-37-25-15-26-38-45)46-39-27-16-28-40-46/h11-40H,1-10H3. The molecule has 3 aliphatic rings. The van der Waals surface area contributed by atoms with E-state index in [0.29, 0.717) is 0 Å². The fourth-order valence-corrected chi connectivity index (χ4v) is 63.3. The minimum atomic E-state index is -4.11. The van der Waals surface area contributed by atoms with E-state index in [9.17, 15) is 0 Å². The molecule has 0 amide bonds. The van der Waals surface area contributed by atoms with E-state index in [4.69, 9.17) is 49.4 Å². The molecule has 12 nitrogen and oxygen atoms in total. The lowest BCUT2D eigenvalue weighted by atomic mass is 10.4. The van der Waals surface area contributed by atoms with Crippen molar-refractivity contribution in [1.82, 2.24) is 0 Å². The molecule has 0 radical (unpaired) electrons. The quantitative estimate of drug-likeness (QED) is 0.127. The van der Waals surface area contributed by atoms with Gasteiger partial charge < -0.3 is 49.4 Å². The summed E-state index contributed by atoms with van der Waals surface area (Å²) in [6, 6.07) is 61.5. The van der Waals surface area contributed by atoms with Gasteiger partial charge in [-0.15, -0.1) is 0 Å². The highest BCUT2D eigenvalue weighted by Crippen LogP contribution is 2.44. The predicted molar refractivity (Wildman–Crippen MR) is 286 cm³/mol. The van der Waals surface area contributed by atoms with Gasteiger partial charge in [0.05, 0.1) is 0 Å². The van der Waals surface area contributed by atoms with E-state index >= 15 is 0 Å². The van der Waals surface area contributed by atoms with Crippen LogP contribution in [0.3, 0.4) is 0 Å². The first-order valence-electron chi connectivity index (χ1n) is 22.9. The second-order valence-electron chi connectivity index (χ2n) is 18.6. The number of benzene rings is 6. The Bertz CT molecular complexity index is 2240. The lowest BCUT2D eigenvalue weighted by Gasteiger charge is -2.56. The smallest absolute Gasteiger partial charge is 0.408 e. The Kier molecular flexibility index (Phi) is 13.6. The van der Waals surface area contributed by atoms with Crippen molar-refractivity contribution in [3.05, 3.63) is 182 Å². The molecule has 22 heteroatoms. The van der Waals surface area contributed by atoms with Gasteiger partial charge in [-0.05, 0) is 50.8 Å². The van der Waals surface area contributed by atoms with Gasteiger partial charge in [-0.3, -0.25) is 0 Å². The molecule has 9 rings (SSSR count). The third-order valence-corrected chi connectivity index (χ3v) is 57.1. The van der Waals surface area contributed by atoms with Crippen LogP contribution in [0, 0.1) is 0 Å². The Morgan fingerprint density at radius 1 is 0.250 bits per heavy atom. The lowest BCUT2D eigenvalue weighted by Crippen LogP contribution is -2.82. The van der Waals surface area contributed by atoms with Crippen molar-refractivity contribution in [1.29, 1.82) is 0 Å². The highest BCUT2D eigenvalue weighted by molar-refractivity contribution is 7.06. The summed E-state index contributed by atoms with van der Waals surface area (Å²) in [5, 5.41) is 6.13. The summed E-state index contributed by atoms with van der Waals surface area (Å²) in [4.78, 5) is 0. The highest BCUT2D eigenvalue weighted by atomic mass is 28.6. The summed E-state index contributed by atoms with van der Waals surface area (Å²) in [6.07, 6.45) is 0. The molecule has 3 fully saturated rings. The summed E-state index contributed by atoms with van der Waals surface area (Å²) in [7, 11) is -38.1. The van der Waals surface area contributed by atoms with Crippen molar-refractivity contribution < 1.29 is 49.4 Å². The van der Waals surface area contributed by atoms with Gasteiger partial charge in [-0.25, -0.2) is 0 Å². The van der Waals surface area contributed by atoms with Crippen molar-refractivity contribution in [2.45, 2.75) is 65.5 Å². The molecular formula is C46H60O12Si10. The zero-order valence-electron chi connectivity index (χ0n) is 40.2. The topological polar surface area (TPSA) is 111 Å². The zero-order valence-corrected chi connectivity index (χ0v) is 50.2. The number of hydrogen-bond acceptors (Lipinski definition) is 12. The molecule has 6 aromatic rings. The SMILES string of the molecule is C[Si]12O[Si]3(C)O[Si](C)(O[Si](C)(c4ccccc4)c4ccccc4)O[Si](C)(O1)O[Si](C)(O[Si](C)(c1ccccc1)c1ccccc1)O[Si](C)(O2)O[Si](C)(O[Si](C)(c1ccccc1)c1ccccc1)O3. The Hall–Kier alpha value is -2.99. The molecule has 0 spiro atoms. The van der Waals surface area contributed by atoms with Crippen LogP contribution in [-0.2, 0) is 49.4 Å². The zero-order chi connectivity index (χ0) is 48.2. The van der Waals surface area contributed by atoms with Gasteiger partial charge in [0.1, 0.15) is 0 Å². The van der Waals surface area contributed by atoms with Gasteiger partial charge in [0.2, 0.25) is 25.0 Å². The van der Waals surface area contributed by atoms with Crippen molar-refractivity contribution in [2.24, 2.45) is 0 Å². The van der Waals surface area contributed by atoms with Gasteiger partial charge in [0.25, 0.3) is 0 Å². The number of fused-ring (bicyclic) bond motifs is 3. The fraction of sp³-hybridized carbons (Fsp3) is 0.217. The maximum Gasteiger partial charge on any atom is 0.475 e. The molecule has 0 saturated carbocycles. The van der Waals surface area contributed by atoms with Crippen LogP contribution in [0.15, 0.2) is 182 Å². The number of hydrogen-bond donors (Lipinski definition) is 0. The molecule has 0 aromatic heterocycles. The van der Waals surface area contributed by atoms with Crippen molar-refractivity contribution >= 4 is 118 Å². The minimum absolute atomic E-state index is 1.02. The van der Waals surface area contributed by atoms with Crippen LogP contribution >= 0.6 is 0 Å². The van der Waals surface area contributed by atoms with E-state index in [0.717, 1.165) is 31.1 Å². The Balaban J connectivity index is 1.24. The molecule has 356 valence electrons. The first-order valence-corrected chi connectivity index (χ1v) is 45.7. The molecule has 0 unspecified atom stereocenters.